The van der Waals surface area contributed by atoms with E-state index in [4.69, 9.17) is 9.47 Å². The van der Waals surface area contributed by atoms with Gasteiger partial charge < -0.3 is 19.7 Å². The molecule has 2 saturated heterocycles. The fourth-order valence-electron chi connectivity index (χ4n) is 3.62. The average Bonchev–Trinajstić information content (AvgIpc) is 2.68. The maximum Gasteiger partial charge on any atom is 0.321 e. The topological polar surface area (TPSA) is 54.0 Å². The molecule has 2 fully saturated rings. The first-order chi connectivity index (χ1) is 13.1. The second kappa shape index (κ2) is 9.76. The molecule has 1 aromatic rings. The molecule has 0 aromatic heterocycles. The van der Waals surface area contributed by atoms with E-state index in [-0.39, 0.29) is 6.03 Å². The van der Waals surface area contributed by atoms with Crippen LogP contribution in [0.3, 0.4) is 0 Å². The molecule has 2 amide bonds. The fraction of sp³-hybridized carbons (Fsp3) is 0.571. The first kappa shape index (κ1) is 19.7. The number of rotatable bonds is 6. The number of morpholine rings is 1. The summed E-state index contributed by atoms with van der Waals surface area (Å²) in [5, 5.41) is 3.01. The van der Waals surface area contributed by atoms with Crippen molar-refractivity contribution in [2.24, 2.45) is 5.92 Å². The zero-order chi connectivity index (χ0) is 19.1. The van der Waals surface area contributed by atoms with Crippen molar-refractivity contribution in [1.29, 1.82) is 0 Å². The summed E-state index contributed by atoms with van der Waals surface area (Å²) in [5.74, 6) is 1.27. The molecule has 3 rings (SSSR count). The Kier molecular flexibility index (Phi) is 7.12. The molecule has 1 atom stereocenters. The predicted molar refractivity (Wildman–Crippen MR) is 107 cm³/mol. The van der Waals surface area contributed by atoms with Gasteiger partial charge in [-0.25, -0.2) is 4.79 Å². The van der Waals surface area contributed by atoms with Gasteiger partial charge in [0, 0.05) is 44.5 Å². The Balaban J connectivity index is 1.51. The Morgan fingerprint density at radius 1 is 1.33 bits per heavy atom. The van der Waals surface area contributed by atoms with Crippen molar-refractivity contribution in [1.82, 2.24) is 9.80 Å². The third-order valence-electron chi connectivity index (χ3n) is 5.00. The van der Waals surface area contributed by atoms with Crippen LogP contribution in [-0.2, 0) is 4.74 Å². The van der Waals surface area contributed by atoms with Crippen LogP contribution in [0.4, 0.5) is 10.5 Å². The smallest absolute Gasteiger partial charge is 0.321 e. The van der Waals surface area contributed by atoms with E-state index in [9.17, 15) is 4.79 Å². The standard InChI is InChI=1S/C21H31N3O3/c1-17(2)16-27-20-7-3-6-19(13-20)22-21(25)24-8-4-5-18(15-24)14-23-9-11-26-12-10-23/h3,6-7,13,18H,1,4-5,8-12,14-16H2,2H3,(H,22,25). The van der Waals surface area contributed by atoms with Crippen LogP contribution in [0.2, 0.25) is 0 Å². The number of carbonyl (C=O) groups excluding carboxylic acids is 1. The van der Waals surface area contributed by atoms with Gasteiger partial charge in [-0.3, -0.25) is 4.90 Å². The fourth-order valence-corrected chi connectivity index (χ4v) is 3.62. The molecule has 27 heavy (non-hydrogen) atoms. The van der Waals surface area contributed by atoms with Gasteiger partial charge in [-0.05, 0) is 43.4 Å². The molecule has 1 aromatic carbocycles. The van der Waals surface area contributed by atoms with Gasteiger partial charge in [0.1, 0.15) is 12.4 Å². The van der Waals surface area contributed by atoms with Crippen LogP contribution >= 0.6 is 0 Å². The number of hydrogen-bond acceptors (Lipinski definition) is 4. The molecule has 2 aliphatic heterocycles. The molecule has 6 nitrogen and oxygen atoms in total. The number of benzene rings is 1. The van der Waals surface area contributed by atoms with Crippen LogP contribution in [0.1, 0.15) is 19.8 Å². The molecule has 2 aliphatic rings. The minimum Gasteiger partial charge on any atom is -0.489 e. The zero-order valence-electron chi connectivity index (χ0n) is 16.3. The average molecular weight is 373 g/mol. The molecule has 0 radical (unpaired) electrons. The molecule has 148 valence electrons. The molecule has 0 aliphatic carbocycles. The van der Waals surface area contributed by atoms with Crippen molar-refractivity contribution in [2.45, 2.75) is 19.8 Å². The summed E-state index contributed by atoms with van der Waals surface area (Å²) in [4.78, 5) is 17.1. The van der Waals surface area contributed by atoms with Crippen molar-refractivity contribution in [3.8, 4) is 5.75 Å². The first-order valence-corrected chi connectivity index (χ1v) is 9.83. The number of nitrogens with zero attached hydrogens (tertiary/aromatic N) is 2. The molecule has 0 bridgehead atoms. The zero-order valence-corrected chi connectivity index (χ0v) is 16.3. The maximum absolute atomic E-state index is 12.7. The first-order valence-electron chi connectivity index (χ1n) is 9.83. The molecular formula is C21H31N3O3. The lowest BCUT2D eigenvalue weighted by molar-refractivity contribution is 0.0252. The number of piperidine rings is 1. The Bertz CT molecular complexity index is 643. The van der Waals surface area contributed by atoms with Gasteiger partial charge in [-0.2, -0.15) is 0 Å². The van der Waals surface area contributed by atoms with E-state index >= 15 is 0 Å². The lowest BCUT2D eigenvalue weighted by atomic mass is 9.97. The Morgan fingerprint density at radius 3 is 2.93 bits per heavy atom. The van der Waals surface area contributed by atoms with Crippen LogP contribution in [-0.4, -0.2) is 68.4 Å². The van der Waals surface area contributed by atoms with Crippen LogP contribution in [0.15, 0.2) is 36.4 Å². The Hall–Kier alpha value is -2.05. The van der Waals surface area contributed by atoms with E-state index in [1.54, 1.807) is 0 Å². The second-order valence-corrected chi connectivity index (χ2v) is 7.57. The van der Waals surface area contributed by atoms with Gasteiger partial charge in [0.25, 0.3) is 0 Å². The minimum absolute atomic E-state index is 0.0290. The number of ether oxygens (including phenoxy) is 2. The summed E-state index contributed by atoms with van der Waals surface area (Å²) in [6.45, 7) is 12.6. The van der Waals surface area contributed by atoms with Crippen molar-refractivity contribution >= 4 is 11.7 Å². The summed E-state index contributed by atoms with van der Waals surface area (Å²) < 4.78 is 11.1. The van der Waals surface area contributed by atoms with Gasteiger partial charge in [-0.1, -0.05) is 12.6 Å². The van der Waals surface area contributed by atoms with Gasteiger partial charge in [-0.15, -0.1) is 0 Å². The highest BCUT2D eigenvalue weighted by Crippen LogP contribution is 2.21. The van der Waals surface area contributed by atoms with Crippen LogP contribution in [0.5, 0.6) is 5.75 Å². The van der Waals surface area contributed by atoms with E-state index in [0.717, 1.165) is 69.4 Å². The highest BCUT2D eigenvalue weighted by atomic mass is 16.5. The minimum atomic E-state index is -0.0290. The lowest BCUT2D eigenvalue weighted by Gasteiger charge is -2.36. The van der Waals surface area contributed by atoms with Gasteiger partial charge in [0.2, 0.25) is 0 Å². The monoisotopic (exact) mass is 373 g/mol. The largest absolute Gasteiger partial charge is 0.489 e. The highest BCUT2D eigenvalue weighted by molar-refractivity contribution is 5.89. The van der Waals surface area contributed by atoms with Crippen molar-refractivity contribution < 1.29 is 14.3 Å². The third-order valence-corrected chi connectivity index (χ3v) is 5.00. The number of amides is 2. The van der Waals surface area contributed by atoms with Crippen molar-refractivity contribution in [2.75, 3.05) is 57.9 Å². The normalized spacial score (nSPS) is 20.9. The lowest BCUT2D eigenvalue weighted by Crippen LogP contribution is -2.47. The summed E-state index contributed by atoms with van der Waals surface area (Å²) in [6.07, 6.45) is 2.25. The van der Waals surface area contributed by atoms with E-state index in [1.165, 1.54) is 6.42 Å². The maximum atomic E-state index is 12.7. The number of nitrogens with one attached hydrogen (secondary N) is 1. The molecule has 0 spiro atoms. The number of hydrogen-bond donors (Lipinski definition) is 1. The number of likely N-dealkylation sites (tertiary alicyclic amines) is 1. The molecule has 0 saturated carbocycles. The highest BCUT2D eigenvalue weighted by Gasteiger charge is 2.26. The van der Waals surface area contributed by atoms with E-state index in [1.807, 2.05) is 36.1 Å². The predicted octanol–water partition coefficient (Wildman–Crippen LogP) is 3.22. The van der Waals surface area contributed by atoms with Gasteiger partial charge in [0.05, 0.1) is 13.2 Å². The number of carbonyl (C=O) groups is 1. The summed E-state index contributed by atoms with van der Waals surface area (Å²) in [5.41, 5.74) is 1.72. The number of urea groups is 1. The van der Waals surface area contributed by atoms with E-state index < -0.39 is 0 Å². The third kappa shape index (κ3) is 6.26. The van der Waals surface area contributed by atoms with Crippen molar-refractivity contribution in [3.63, 3.8) is 0 Å². The van der Waals surface area contributed by atoms with Crippen molar-refractivity contribution in [3.05, 3.63) is 36.4 Å². The molecular weight excluding hydrogens is 342 g/mol. The molecule has 1 unspecified atom stereocenters. The Labute approximate surface area is 162 Å². The quantitative estimate of drug-likeness (QED) is 0.778. The van der Waals surface area contributed by atoms with Gasteiger partial charge >= 0.3 is 6.03 Å². The molecule has 1 N–H and O–H groups in total. The summed E-state index contributed by atoms with van der Waals surface area (Å²) >= 11 is 0. The molecule has 6 heteroatoms. The Morgan fingerprint density at radius 2 is 2.15 bits per heavy atom. The van der Waals surface area contributed by atoms with Gasteiger partial charge in [0.15, 0.2) is 0 Å². The number of anilines is 1. The molecule has 2 heterocycles. The summed E-state index contributed by atoms with van der Waals surface area (Å²) in [6, 6.07) is 7.49. The second-order valence-electron chi connectivity index (χ2n) is 7.57. The van der Waals surface area contributed by atoms with Crippen LogP contribution < -0.4 is 10.1 Å². The summed E-state index contributed by atoms with van der Waals surface area (Å²) in [7, 11) is 0. The van der Waals surface area contributed by atoms with E-state index in [0.29, 0.717) is 12.5 Å². The SMILES string of the molecule is C=C(C)COc1cccc(NC(=O)N2CCCC(CN3CCOCC3)C2)c1. The van der Waals surface area contributed by atoms with Crippen LogP contribution in [0.25, 0.3) is 0 Å². The van der Waals surface area contributed by atoms with E-state index in [2.05, 4.69) is 16.8 Å². The van der Waals surface area contributed by atoms with Crippen LogP contribution in [0, 0.1) is 5.92 Å².